The molecule has 104 valence electrons. The first kappa shape index (κ1) is 14.8. The van der Waals surface area contributed by atoms with Crippen LogP contribution in [0.15, 0.2) is 46.9 Å². The summed E-state index contributed by atoms with van der Waals surface area (Å²) in [6, 6.07) is 14.1. The lowest BCUT2D eigenvalue weighted by Crippen LogP contribution is -2.26. The van der Waals surface area contributed by atoms with Crippen LogP contribution in [-0.2, 0) is 6.42 Å². The molecule has 1 amide bonds. The second-order valence-electron chi connectivity index (χ2n) is 4.98. The number of carbonyl (C=O) groups excluding carboxylic acids is 1. The monoisotopic (exact) mass is 331 g/mol. The Balaban J connectivity index is 1.92. The largest absolute Gasteiger partial charge is 0.352 e. The van der Waals surface area contributed by atoms with E-state index in [4.69, 9.17) is 0 Å². The molecular weight excluding hydrogens is 314 g/mol. The van der Waals surface area contributed by atoms with Crippen molar-refractivity contribution in [3.05, 3.63) is 69.2 Å². The van der Waals surface area contributed by atoms with E-state index in [0.717, 1.165) is 16.5 Å². The SMILES string of the molecule is Cc1cccc(CCNC(=O)c2ccc(C)cc2Br)c1. The average molecular weight is 332 g/mol. The maximum atomic E-state index is 12.1. The zero-order valence-electron chi connectivity index (χ0n) is 11.7. The second-order valence-corrected chi connectivity index (χ2v) is 5.83. The molecule has 3 heteroatoms. The van der Waals surface area contributed by atoms with Crippen LogP contribution in [0, 0.1) is 13.8 Å². The first-order chi connectivity index (χ1) is 9.56. The highest BCUT2D eigenvalue weighted by Crippen LogP contribution is 2.18. The summed E-state index contributed by atoms with van der Waals surface area (Å²) in [6.45, 7) is 4.72. The van der Waals surface area contributed by atoms with Crippen molar-refractivity contribution in [3.8, 4) is 0 Å². The van der Waals surface area contributed by atoms with Crippen molar-refractivity contribution in [2.45, 2.75) is 20.3 Å². The third kappa shape index (κ3) is 3.94. The molecule has 0 atom stereocenters. The van der Waals surface area contributed by atoms with Crippen molar-refractivity contribution in [3.63, 3.8) is 0 Å². The summed E-state index contributed by atoms with van der Waals surface area (Å²) < 4.78 is 0.838. The van der Waals surface area contributed by atoms with Crippen LogP contribution in [0.2, 0.25) is 0 Å². The van der Waals surface area contributed by atoms with Gasteiger partial charge < -0.3 is 5.32 Å². The Morgan fingerprint density at radius 3 is 2.55 bits per heavy atom. The Morgan fingerprint density at radius 1 is 1.10 bits per heavy atom. The molecule has 0 bridgehead atoms. The van der Waals surface area contributed by atoms with E-state index in [1.165, 1.54) is 11.1 Å². The molecule has 1 N–H and O–H groups in total. The van der Waals surface area contributed by atoms with E-state index in [2.05, 4.69) is 46.4 Å². The molecule has 0 aliphatic carbocycles. The Morgan fingerprint density at radius 2 is 1.85 bits per heavy atom. The number of carbonyl (C=O) groups is 1. The number of benzene rings is 2. The van der Waals surface area contributed by atoms with Gasteiger partial charge in [0.25, 0.3) is 5.91 Å². The normalized spacial score (nSPS) is 10.3. The first-order valence-corrected chi connectivity index (χ1v) is 7.45. The van der Waals surface area contributed by atoms with Crippen LogP contribution < -0.4 is 5.32 Å². The first-order valence-electron chi connectivity index (χ1n) is 6.66. The molecule has 0 spiro atoms. The van der Waals surface area contributed by atoms with Gasteiger partial charge in [-0.2, -0.15) is 0 Å². The molecule has 0 saturated carbocycles. The summed E-state index contributed by atoms with van der Waals surface area (Å²) >= 11 is 3.43. The zero-order valence-corrected chi connectivity index (χ0v) is 13.3. The molecule has 2 aromatic rings. The van der Waals surface area contributed by atoms with Gasteiger partial charge in [0.05, 0.1) is 5.56 Å². The fraction of sp³-hybridized carbons (Fsp3) is 0.235. The van der Waals surface area contributed by atoms with E-state index in [9.17, 15) is 4.79 Å². The molecule has 2 aromatic carbocycles. The Hall–Kier alpha value is -1.61. The van der Waals surface area contributed by atoms with E-state index in [-0.39, 0.29) is 5.91 Å². The Bertz CT molecular complexity index is 622. The molecule has 0 fully saturated rings. The molecule has 0 radical (unpaired) electrons. The van der Waals surface area contributed by atoms with Crippen molar-refractivity contribution in [2.24, 2.45) is 0 Å². The highest BCUT2D eigenvalue weighted by Gasteiger charge is 2.09. The predicted octanol–water partition coefficient (Wildman–Crippen LogP) is 4.04. The molecule has 0 aliphatic rings. The minimum Gasteiger partial charge on any atom is -0.352 e. The minimum atomic E-state index is -0.0375. The van der Waals surface area contributed by atoms with Gasteiger partial charge >= 0.3 is 0 Å². The molecule has 2 rings (SSSR count). The molecular formula is C17H18BrNO. The summed E-state index contributed by atoms with van der Waals surface area (Å²) in [5.74, 6) is -0.0375. The zero-order chi connectivity index (χ0) is 14.5. The van der Waals surface area contributed by atoms with Crippen LogP contribution in [0.4, 0.5) is 0 Å². The number of halogens is 1. The summed E-state index contributed by atoms with van der Waals surface area (Å²) in [5.41, 5.74) is 4.30. The third-order valence-corrected chi connectivity index (χ3v) is 3.81. The maximum absolute atomic E-state index is 12.1. The van der Waals surface area contributed by atoms with Gasteiger partial charge in [-0.1, -0.05) is 35.9 Å². The number of rotatable bonds is 4. The van der Waals surface area contributed by atoms with E-state index >= 15 is 0 Å². The van der Waals surface area contributed by atoms with Crippen LogP contribution >= 0.6 is 15.9 Å². The summed E-state index contributed by atoms with van der Waals surface area (Å²) in [7, 11) is 0. The van der Waals surface area contributed by atoms with Gasteiger partial charge in [-0.3, -0.25) is 4.79 Å². The van der Waals surface area contributed by atoms with Gasteiger partial charge in [0.1, 0.15) is 0 Å². The molecule has 0 aliphatic heterocycles. The lowest BCUT2D eigenvalue weighted by atomic mass is 10.1. The second kappa shape index (κ2) is 6.71. The molecule has 2 nitrogen and oxygen atoms in total. The van der Waals surface area contributed by atoms with Crippen molar-refractivity contribution < 1.29 is 4.79 Å². The van der Waals surface area contributed by atoms with E-state index < -0.39 is 0 Å². The van der Waals surface area contributed by atoms with Gasteiger partial charge in [0, 0.05) is 11.0 Å². The summed E-state index contributed by atoms with van der Waals surface area (Å²) in [5, 5.41) is 2.96. The van der Waals surface area contributed by atoms with Crippen LogP contribution in [0.1, 0.15) is 27.0 Å². The van der Waals surface area contributed by atoms with Crippen LogP contribution in [-0.4, -0.2) is 12.5 Å². The lowest BCUT2D eigenvalue weighted by molar-refractivity contribution is 0.0953. The lowest BCUT2D eigenvalue weighted by Gasteiger charge is -2.08. The third-order valence-electron chi connectivity index (χ3n) is 3.15. The quantitative estimate of drug-likeness (QED) is 0.900. The average Bonchev–Trinajstić information content (AvgIpc) is 2.38. The summed E-state index contributed by atoms with van der Waals surface area (Å²) in [6.07, 6.45) is 0.844. The Labute approximate surface area is 128 Å². The standard InChI is InChI=1S/C17H18BrNO/c1-12-4-3-5-14(10-12)8-9-19-17(20)15-7-6-13(2)11-16(15)18/h3-7,10-11H,8-9H2,1-2H3,(H,19,20). The van der Waals surface area contributed by atoms with Crippen molar-refractivity contribution in [1.82, 2.24) is 5.32 Å². The van der Waals surface area contributed by atoms with Crippen LogP contribution in [0.5, 0.6) is 0 Å². The predicted molar refractivity (Wildman–Crippen MR) is 86.1 cm³/mol. The number of amides is 1. The maximum Gasteiger partial charge on any atom is 0.252 e. The Kier molecular flexibility index (Phi) is 4.96. The molecule has 20 heavy (non-hydrogen) atoms. The number of aryl methyl sites for hydroxylation is 2. The smallest absolute Gasteiger partial charge is 0.252 e. The van der Waals surface area contributed by atoms with Gasteiger partial charge in [-0.15, -0.1) is 0 Å². The minimum absolute atomic E-state index is 0.0375. The van der Waals surface area contributed by atoms with Crippen molar-refractivity contribution >= 4 is 21.8 Å². The van der Waals surface area contributed by atoms with Crippen LogP contribution in [0.3, 0.4) is 0 Å². The molecule has 0 heterocycles. The van der Waals surface area contributed by atoms with Gasteiger partial charge in [0.2, 0.25) is 0 Å². The van der Waals surface area contributed by atoms with E-state index in [1.807, 2.05) is 31.2 Å². The van der Waals surface area contributed by atoms with Gasteiger partial charge in [0.15, 0.2) is 0 Å². The number of nitrogens with one attached hydrogen (secondary N) is 1. The molecule has 0 unspecified atom stereocenters. The molecule has 0 aromatic heterocycles. The van der Waals surface area contributed by atoms with Crippen molar-refractivity contribution in [2.75, 3.05) is 6.54 Å². The number of hydrogen-bond donors (Lipinski definition) is 1. The topological polar surface area (TPSA) is 29.1 Å². The highest BCUT2D eigenvalue weighted by molar-refractivity contribution is 9.10. The van der Waals surface area contributed by atoms with E-state index in [0.29, 0.717) is 12.1 Å². The fourth-order valence-electron chi connectivity index (χ4n) is 2.09. The van der Waals surface area contributed by atoms with Crippen molar-refractivity contribution in [1.29, 1.82) is 0 Å². The number of hydrogen-bond acceptors (Lipinski definition) is 1. The summed E-state index contributed by atoms with van der Waals surface area (Å²) in [4.78, 5) is 12.1. The van der Waals surface area contributed by atoms with E-state index in [1.54, 1.807) is 0 Å². The molecule has 0 saturated heterocycles. The van der Waals surface area contributed by atoms with Crippen LogP contribution in [0.25, 0.3) is 0 Å². The highest BCUT2D eigenvalue weighted by atomic mass is 79.9. The van der Waals surface area contributed by atoms with Gasteiger partial charge in [-0.05, 0) is 59.5 Å². The fourth-order valence-corrected chi connectivity index (χ4v) is 2.76. The van der Waals surface area contributed by atoms with Gasteiger partial charge in [-0.25, -0.2) is 0 Å².